The van der Waals surface area contributed by atoms with Crippen LogP contribution in [0.4, 0.5) is 0 Å². The van der Waals surface area contributed by atoms with Crippen molar-refractivity contribution in [3.05, 3.63) is 0 Å². The second kappa shape index (κ2) is 25.7. The second-order valence-corrected chi connectivity index (χ2v) is 17.2. The lowest BCUT2D eigenvalue weighted by Crippen LogP contribution is -2.45. The first-order valence-corrected chi connectivity index (χ1v) is 19.5. The van der Waals surface area contributed by atoms with Crippen molar-refractivity contribution in [2.24, 2.45) is 0 Å². The zero-order valence-corrected chi connectivity index (χ0v) is 35.6. The molecule has 0 unspecified atom stereocenters. The highest BCUT2D eigenvalue weighted by molar-refractivity contribution is 5.74. The van der Waals surface area contributed by atoms with Crippen LogP contribution in [0.3, 0.4) is 0 Å². The SMILES string of the molecule is CCCCC(=O)O[C@H](CC(=O)OCC(COC(=O)C[C@H](C[N+](C)(C)C)OC(=O)CCCC)OC(=O)C[C@H](C[N+](C)(C)C)OC(=O)CCCC)C[N+](C)(C)C. The maximum absolute atomic E-state index is 13.3. The number of rotatable bonds is 29. The first-order chi connectivity index (χ1) is 24.9. The highest BCUT2D eigenvalue weighted by Crippen LogP contribution is 2.14. The van der Waals surface area contributed by atoms with Crippen molar-refractivity contribution in [3.8, 4) is 0 Å². The number of carbonyl (C=O) groups is 6. The molecule has 0 aromatic heterocycles. The molecule has 54 heavy (non-hydrogen) atoms. The number of nitrogens with zero attached hydrogens (tertiary/aromatic N) is 3. The van der Waals surface area contributed by atoms with Gasteiger partial charge in [-0.15, -0.1) is 0 Å². The number of hydrogen-bond donors (Lipinski definition) is 0. The van der Waals surface area contributed by atoms with Gasteiger partial charge in [0.15, 0.2) is 24.4 Å². The molecule has 0 aromatic carbocycles. The standard InChI is InChI=1S/C39H74N3O12/c1-13-16-19-34(43)51-30(25-40(4,5)6)22-37(46)49-28-33(54-39(48)24-32(27-42(10,11)12)53-36(45)21-18-15-3)29-50-38(47)23-31(26-41(7,8)9)52-35(44)20-17-14-2/h30-33H,13-29H2,1-12H3/q+3/t30-,31-,32-/m1/s1. The molecule has 0 rings (SSSR count). The lowest BCUT2D eigenvalue weighted by molar-refractivity contribution is -0.873. The molecule has 0 amide bonds. The number of unbranched alkanes of at least 4 members (excludes halogenated alkanes) is 3. The molecule has 0 heterocycles. The van der Waals surface area contributed by atoms with Gasteiger partial charge in [-0.05, 0) is 19.3 Å². The molecule has 0 aromatic rings. The van der Waals surface area contributed by atoms with Crippen LogP contribution in [0.2, 0.25) is 0 Å². The minimum atomic E-state index is -1.21. The fraction of sp³-hybridized carbons (Fsp3) is 0.846. The average Bonchev–Trinajstić information content (AvgIpc) is 3.00. The molecule has 0 N–H and O–H groups in total. The Morgan fingerprint density at radius 1 is 0.389 bits per heavy atom. The number of quaternary nitrogens is 3. The highest BCUT2D eigenvalue weighted by atomic mass is 16.6. The summed E-state index contributed by atoms with van der Waals surface area (Å²) in [7, 11) is 17.2. The highest BCUT2D eigenvalue weighted by Gasteiger charge is 2.31. The molecular weight excluding hydrogens is 702 g/mol. The molecule has 15 heteroatoms. The molecule has 15 nitrogen and oxygen atoms in total. The molecular formula is C39H74N3O12+3. The molecule has 0 aliphatic rings. The van der Waals surface area contributed by atoms with Crippen LogP contribution in [0, 0.1) is 0 Å². The molecule has 314 valence electrons. The summed E-state index contributed by atoms with van der Waals surface area (Å²) in [5.41, 5.74) is 0. The lowest BCUT2D eigenvalue weighted by Gasteiger charge is -2.29. The van der Waals surface area contributed by atoms with Crippen molar-refractivity contribution in [2.45, 2.75) is 122 Å². The fourth-order valence-corrected chi connectivity index (χ4v) is 5.36. The zero-order chi connectivity index (χ0) is 41.5. The normalized spacial score (nSPS) is 13.7. The van der Waals surface area contributed by atoms with E-state index in [9.17, 15) is 28.8 Å². The van der Waals surface area contributed by atoms with Gasteiger partial charge in [0, 0.05) is 19.3 Å². The van der Waals surface area contributed by atoms with Gasteiger partial charge in [0.1, 0.15) is 32.8 Å². The monoisotopic (exact) mass is 777 g/mol. The van der Waals surface area contributed by atoms with Crippen molar-refractivity contribution in [1.82, 2.24) is 0 Å². The Hall–Kier alpha value is -3.30. The Bertz CT molecular complexity index is 1100. The molecule has 3 atom stereocenters. The van der Waals surface area contributed by atoms with Gasteiger partial charge < -0.3 is 41.9 Å². The Kier molecular flexibility index (Phi) is 24.1. The minimum absolute atomic E-state index is 0.222. The van der Waals surface area contributed by atoms with E-state index in [-0.39, 0.29) is 38.5 Å². The fourth-order valence-electron chi connectivity index (χ4n) is 5.36. The number of esters is 6. The van der Waals surface area contributed by atoms with E-state index in [1.807, 2.05) is 84.2 Å². The number of hydrogen-bond acceptors (Lipinski definition) is 12. The molecule has 0 bridgehead atoms. The van der Waals surface area contributed by atoms with E-state index in [1.165, 1.54) is 0 Å². The van der Waals surface area contributed by atoms with Crippen molar-refractivity contribution in [3.63, 3.8) is 0 Å². The van der Waals surface area contributed by atoms with Gasteiger partial charge in [0.2, 0.25) is 0 Å². The van der Waals surface area contributed by atoms with Gasteiger partial charge in [-0.3, -0.25) is 28.8 Å². The number of likely N-dealkylation sites (N-methyl/N-ethyl adjacent to an activating group) is 3. The van der Waals surface area contributed by atoms with Crippen molar-refractivity contribution >= 4 is 35.8 Å². The van der Waals surface area contributed by atoms with E-state index in [1.54, 1.807) is 0 Å². The quantitative estimate of drug-likeness (QED) is 0.0619. The number of ether oxygens (including phenoxy) is 6. The van der Waals surface area contributed by atoms with E-state index in [2.05, 4.69) is 0 Å². The topological polar surface area (TPSA) is 158 Å². The summed E-state index contributed by atoms with van der Waals surface area (Å²) < 4.78 is 34.8. The Morgan fingerprint density at radius 3 is 0.907 bits per heavy atom. The van der Waals surface area contributed by atoms with E-state index in [0.29, 0.717) is 52.3 Å². The summed E-state index contributed by atoms with van der Waals surface area (Å²) in [6, 6.07) is 0. The average molecular weight is 777 g/mol. The summed E-state index contributed by atoms with van der Waals surface area (Å²) >= 11 is 0. The van der Waals surface area contributed by atoms with Crippen LogP contribution in [0.1, 0.15) is 97.8 Å². The van der Waals surface area contributed by atoms with Crippen LogP contribution in [0.25, 0.3) is 0 Å². The summed E-state index contributed by atoms with van der Waals surface area (Å²) in [5.74, 6) is -3.35. The maximum Gasteiger partial charge on any atom is 0.310 e. The molecule has 0 saturated carbocycles. The smallest absolute Gasteiger partial charge is 0.310 e. The molecule has 0 aliphatic carbocycles. The Balaban J connectivity index is 5.98. The van der Waals surface area contributed by atoms with Gasteiger partial charge in [-0.25, -0.2) is 0 Å². The third-order valence-electron chi connectivity index (χ3n) is 7.69. The number of carbonyl (C=O) groups excluding carboxylic acids is 6. The molecule has 0 saturated heterocycles. The van der Waals surface area contributed by atoms with Crippen molar-refractivity contribution in [1.29, 1.82) is 0 Å². The molecule has 0 radical (unpaired) electrons. The van der Waals surface area contributed by atoms with Crippen molar-refractivity contribution in [2.75, 3.05) is 96.3 Å². The van der Waals surface area contributed by atoms with Crippen LogP contribution >= 0.6 is 0 Å². The first kappa shape index (κ1) is 50.7. The minimum Gasteiger partial charge on any atom is -0.461 e. The summed E-state index contributed by atoms with van der Waals surface area (Å²) in [4.78, 5) is 76.8. The third-order valence-corrected chi connectivity index (χ3v) is 7.69. The summed E-state index contributed by atoms with van der Waals surface area (Å²) in [6.45, 7) is 6.01. The first-order valence-electron chi connectivity index (χ1n) is 19.5. The predicted molar refractivity (Wildman–Crippen MR) is 203 cm³/mol. The predicted octanol–water partition coefficient (Wildman–Crippen LogP) is 3.58. The van der Waals surface area contributed by atoms with Gasteiger partial charge in [0.25, 0.3) is 0 Å². The van der Waals surface area contributed by atoms with Crippen LogP contribution < -0.4 is 0 Å². The van der Waals surface area contributed by atoms with Crippen LogP contribution in [-0.4, -0.2) is 170 Å². The van der Waals surface area contributed by atoms with E-state index in [4.69, 9.17) is 28.4 Å². The third kappa shape index (κ3) is 29.1. The van der Waals surface area contributed by atoms with Gasteiger partial charge in [-0.1, -0.05) is 40.0 Å². The molecule has 0 fully saturated rings. The summed E-state index contributed by atoms with van der Waals surface area (Å²) in [6.07, 6.45) is 0.882. The summed E-state index contributed by atoms with van der Waals surface area (Å²) in [5, 5.41) is 0. The zero-order valence-electron chi connectivity index (χ0n) is 35.6. The van der Waals surface area contributed by atoms with Gasteiger partial charge >= 0.3 is 35.8 Å². The van der Waals surface area contributed by atoms with Crippen LogP contribution in [0.15, 0.2) is 0 Å². The second-order valence-electron chi connectivity index (χ2n) is 17.2. The van der Waals surface area contributed by atoms with E-state index in [0.717, 1.165) is 19.3 Å². The Labute approximate surface area is 324 Å². The molecule has 0 spiro atoms. The van der Waals surface area contributed by atoms with Crippen molar-refractivity contribution < 1.29 is 70.6 Å². The van der Waals surface area contributed by atoms with E-state index >= 15 is 0 Å². The Morgan fingerprint density at radius 2 is 0.648 bits per heavy atom. The van der Waals surface area contributed by atoms with Gasteiger partial charge in [-0.2, -0.15) is 0 Å². The largest absolute Gasteiger partial charge is 0.461 e. The molecule has 0 aliphatic heterocycles. The van der Waals surface area contributed by atoms with E-state index < -0.39 is 73.4 Å². The maximum atomic E-state index is 13.3. The van der Waals surface area contributed by atoms with Crippen LogP contribution in [0.5, 0.6) is 0 Å². The van der Waals surface area contributed by atoms with Crippen LogP contribution in [-0.2, 0) is 57.2 Å². The van der Waals surface area contributed by atoms with Gasteiger partial charge in [0.05, 0.1) is 82.7 Å². The lowest BCUT2D eigenvalue weighted by atomic mass is 10.2.